The van der Waals surface area contributed by atoms with E-state index < -0.39 is 5.95 Å². The Kier molecular flexibility index (Phi) is 2.23. The number of aromatic nitrogens is 5. The van der Waals surface area contributed by atoms with Crippen molar-refractivity contribution in [3.8, 4) is 11.5 Å². The Hall–Kier alpha value is -2.89. The summed E-state index contributed by atoms with van der Waals surface area (Å²) in [6.45, 7) is 0. The van der Waals surface area contributed by atoms with Gasteiger partial charge in [0.05, 0.1) is 11.0 Å². The second kappa shape index (κ2) is 4.06. The molecule has 0 amide bonds. The van der Waals surface area contributed by atoms with Crippen LogP contribution in [0.1, 0.15) is 0 Å². The molecule has 0 bridgehead atoms. The Morgan fingerprint density at radius 2 is 1.90 bits per heavy atom. The molecular weight excluding hydrogens is 257 g/mol. The van der Waals surface area contributed by atoms with E-state index in [2.05, 4.69) is 25.1 Å². The van der Waals surface area contributed by atoms with E-state index in [9.17, 15) is 4.39 Å². The molecule has 0 atom stereocenters. The van der Waals surface area contributed by atoms with Gasteiger partial charge in [0.1, 0.15) is 11.2 Å². The van der Waals surface area contributed by atoms with Gasteiger partial charge in [-0.05, 0) is 18.2 Å². The number of para-hydroxylation sites is 1. The number of hydrogen-bond donors (Lipinski definition) is 1. The molecule has 4 aromatic rings. The zero-order chi connectivity index (χ0) is 13.5. The highest BCUT2D eigenvalue weighted by Gasteiger charge is 2.14. The van der Waals surface area contributed by atoms with Crippen LogP contribution < -0.4 is 0 Å². The molecule has 0 radical (unpaired) electrons. The molecule has 4 rings (SSSR count). The second-order valence-corrected chi connectivity index (χ2v) is 4.33. The first-order valence-corrected chi connectivity index (χ1v) is 6.05. The minimum atomic E-state index is -0.641. The van der Waals surface area contributed by atoms with Gasteiger partial charge in [0, 0.05) is 11.6 Å². The first kappa shape index (κ1) is 11.0. The van der Waals surface area contributed by atoms with Gasteiger partial charge in [0.25, 0.3) is 0 Å². The lowest BCUT2D eigenvalue weighted by atomic mass is 10.2. The van der Waals surface area contributed by atoms with E-state index in [0.717, 1.165) is 10.9 Å². The van der Waals surface area contributed by atoms with Crippen molar-refractivity contribution in [1.29, 1.82) is 0 Å². The van der Waals surface area contributed by atoms with Crippen molar-refractivity contribution < 1.29 is 4.39 Å². The van der Waals surface area contributed by atoms with Crippen molar-refractivity contribution in [1.82, 2.24) is 25.1 Å². The van der Waals surface area contributed by atoms with Gasteiger partial charge in [-0.1, -0.05) is 18.2 Å². The van der Waals surface area contributed by atoms with Crippen LogP contribution >= 0.6 is 0 Å². The summed E-state index contributed by atoms with van der Waals surface area (Å²) in [4.78, 5) is 12.1. The molecule has 3 heterocycles. The van der Waals surface area contributed by atoms with Crippen molar-refractivity contribution in [2.75, 3.05) is 0 Å². The molecule has 0 saturated heterocycles. The summed E-state index contributed by atoms with van der Waals surface area (Å²) in [5, 5.41) is 7.92. The highest BCUT2D eigenvalue weighted by molar-refractivity contribution is 5.91. The van der Waals surface area contributed by atoms with Crippen LogP contribution in [0.2, 0.25) is 0 Å². The minimum absolute atomic E-state index is 0.163. The maximum atomic E-state index is 14.0. The van der Waals surface area contributed by atoms with Gasteiger partial charge in [0.15, 0.2) is 5.82 Å². The number of benzene rings is 1. The van der Waals surface area contributed by atoms with E-state index in [1.54, 1.807) is 12.1 Å². The Balaban J connectivity index is 2.03. The Morgan fingerprint density at radius 3 is 2.85 bits per heavy atom. The van der Waals surface area contributed by atoms with Crippen LogP contribution in [0.5, 0.6) is 0 Å². The summed E-state index contributed by atoms with van der Waals surface area (Å²) in [5.74, 6) is -0.391. The van der Waals surface area contributed by atoms with E-state index in [1.165, 1.54) is 6.20 Å². The molecule has 1 N–H and O–H groups in total. The monoisotopic (exact) mass is 265 g/mol. The van der Waals surface area contributed by atoms with E-state index in [-0.39, 0.29) is 11.3 Å². The highest BCUT2D eigenvalue weighted by Crippen LogP contribution is 2.24. The largest absolute Gasteiger partial charge is 0.277 e. The summed E-state index contributed by atoms with van der Waals surface area (Å²) in [6.07, 6.45) is 1.51. The summed E-state index contributed by atoms with van der Waals surface area (Å²) in [6, 6.07) is 11.0. The number of fused-ring (bicyclic) bond motifs is 2. The minimum Gasteiger partial charge on any atom is -0.277 e. The second-order valence-electron chi connectivity index (χ2n) is 4.33. The summed E-state index contributed by atoms with van der Waals surface area (Å²) in [7, 11) is 0. The molecule has 3 aromatic heterocycles. The van der Waals surface area contributed by atoms with E-state index in [4.69, 9.17) is 0 Å². The fraction of sp³-hybridized carbons (Fsp3) is 0. The van der Waals surface area contributed by atoms with E-state index >= 15 is 0 Å². The number of nitrogens with one attached hydrogen (secondary N) is 1. The number of aromatic amines is 1. The van der Waals surface area contributed by atoms with Crippen LogP contribution in [0.4, 0.5) is 4.39 Å². The zero-order valence-electron chi connectivity index (χ0n) is 10.2. The highest BCUT2D eigenvalue weighted by atomic mass is 19.1. The number of nitrogens with zero attached hydrogens (tertiary/aromatic N) is 4. The van der Waals surface area contributed by atoms with Gasteiger partial charge in [-0.3, -0.25) is 5.10 Å². The lowest BCUT2D eigenvalue weighted by molar-refractivity contribution is 0.592. The molecule has 0 aliphatic heterocycles. The third-order valence-electron chi connectivity index (χ3n) is 3.09. The van der Waals surface area contributed by atoms with Crippen molar-refractivity contribution in [2.45, 2.75) is 0 Å². The van der Waals surface area contributed by atoms with Gasteiger partial charge in [0.2, 0.25) is 5.95 Å². The van der Waals surface area contributed by atoms with Crippen LogP contribution in [0.3, 0.4) is 0 Å². The third-order valence-corrected chi connectivity index (χ3v) is 3.09. The van der Waals surface area contributed by atoms with E-state index in [0.29, 0.717) is 11.2 Å². The Morgan fingerprint density at radius 1 is 1.00 bits per heavy atom. The van der Waals surface area contributed by atoms with Crippen LogP contribution in [-0.4, -0.2) is 25.1 Å². The topological polar surface area (TPSA) is 67.3 Å². The number of halogens is 1. The van der Waals surface area contributed by atoms with Crippen LogP contribution in [0.25, 0.3) is 33.5 Å². The maximum absolute atomic E-state index is 14.0. The lowest BCUT2D eigenvalue weighted by Gasteiger charge is -2.00. The predicted octanol–water partition coefficient (Wildman–Crippen LogP) is 2.71. The lowest BCUT2D eigenvalue weighted by Crippen LogP contribution is -1.97. The summed E-state index contributed by atoms with van der Waals surface area (Å²) < 4.78 is 14.0. The van der Waals surface area contributed by atoms with E-state index in [1.807, 2.05) is 24.3 Å². The quantitative estimate of drug-likeness (QED) is 0.537. The Bertz CT molecular complexity index is 931. The van der Waals surface area contributed by atoms with Crippen molar-refractivity contribution >= 4 is 21.9 Å². The van der Waals surface area contributed by atoms with Crippen molar-refractivity contribution in [2.24, 2.45) is 0 Å². The van der Waals surface area contributed by atoms with Gasteiger partial charge < -0.3 is 0 Å². The molecule has 0 fully saturated rings. The summed E-state index contributed by atoms with van der Waals surface area (Å²) in [5.41, 5.74) is 2.02. The van der Waals surface area contributed by atoms with Crippen LogP contribution in [-0.2, 0) is 0 Å². The number of H-pyrrole nitrogens is 1. The number of pyridine rings is 1. The van der Waals surface area contributed by atoms with Crippen molar-refractivity contribution in [3.63, 3.8) is 0 Å². The molecule has 0 spiro atoms. The molecule has 0 unspecified atom stereocenters. The van der Waals surface area contributed by atoms with Crippen LogP contribution in [0, 0.1) is 5.95 Å². The molecule has 0 saturated carbocycles. The average molecular weight is 265 g/mol. The fourth-order valence-electron chi connectivity index (χ4n) is 2.17. The number of rotatable bonds is 1. The SMILES string of the molecule is Fc1nc(-c2n[nH]c3ccccc23)nc2cccnc12. The van der Waals surface area contributed by atoms with Gasteiger partial charge >= 0.3 is 0 Å². The van der Waals surface area contributed by atoms with Crippen molar-refractivity contribution in [3.05, 3.63) is 48.5 Å². The fourth-order valence-corrected chi connectivity index (χ4v) is 2.17. The zero-order valence-corrected chi connectivity index (χ0v) is 10.2. The maximum Gasteiger partial charge on any atom is 0.243 e. The first-order chi connectivity index (χ1) is 9.83. The Labute approximate surface area is 112 Å². The van der Waals surface area contributed by atoms with Gasteiger partial charge in [-0.15, -0.1) is 0 Å². The molecule has 20 heavy (non-hydrogen) atoms. The molecule has 0 aliphatic rings. The molecule has 96 valence electrons. The smallest absolute Gasteiger partial charge is 0.243 e. The molecular formula is C14H8FN5. The first-order valence-electron chi connectivity index (χ1n) is 6.05. The standard InChI is InChI=1S/C14H8FN5/c15-13-12-10(6-3-7-16-12)17-14(18-13)11-8-4-1-2-5-9(8)19-20-11/h1-7H,(H,19,20). The summed E-state index contributed by atoms with van der Waals surface area (Å²) >= 11 is 0. The molecule has 5 nitrogen and oxygen atoms in total. The predicted molar refractivity (Wildman–Crippen MR) is 72.4 cm³/mol. The number of hydrogen-bond acceptors (Lipinski definition) is 4. The molecule has 6 heteroatoms. The third kappa shape index (κ3) is 1.55. The van der Waals surface area contributed by atoms with Crippen LogP contribution in [0.15, 0.2) is 42.6 Å². The molecule has 0 aliphatic carbocycles. The normalized spacial score (nSPS) is 11.2. The molecule has 1 aromatic carbocycles. The van der Waals surface area contributed by atoms with Gasteiger partial charge in [-0.2, -0.15) is 14.5 Å². The average Bonchev–Trinajstić information content (AvgIpc) is 2.91. The van der Waals surface area contributed by atoms with Gasteiger partial charge in [-0.25, -0.2) is 9.97 Å².